The Hall–Kier alpha value is -2.11. The molecule has 0 radical (unpaired) electrons. The van der Waals surface area contributed by atoms with Crippen molar-refractivity contribution in [2.75, 3.05) is 24.3 Å². The fourth-order valence-electron chi connectivity index (χ4n) is 4.86. The predicted molar refractivity (Wildman–Crippen MR) is 161 cm³/mol. The summed E-state index contributed by atoms with van der Waals surface area (Å²) in [6, 6.07) is 10.6. The first-order valence-corrected chi connectivity index (χ1v) is 16.5. The first kappa shape index (κ1) is 31.4. The quantitative estimate of drug-likeness (QED) is 0.140. The lowest BCUT2D eigenvalue weighted by molar-refractivity contribution is -0.147. The average molecular weight is 581 g/mol. The summed E-state index contributed by atoms with van der Waals surface area (Å²) in [6.07, 6.45) is 7.30. The van der Waals surface area contributed by atoms with Crippen molar-refractivity contribution in [1.29, 1.82) is 0 Å². The van der Waals surface area contributed by atoms with E-state index in [1.807, 2.05) is 24.5 Å². The number of rotatable bonds is 13. The molecular weight excluding hydrogens is 536 g/mol. The van der Waals surface area contributed by atoms with Crippen LogP contribution in [0.5, 0.6) is 11.5 Å². The van der Waals surface area contributed by atoms with Crippen LogP contribution in [0.3, 0.4) is 0 Å². The molecule has 0 aromatic heterocycles. The fourth-order valence-corrected chi connectivity index (χ4v) is 7.13. The van der Waals surface area contributed by atoms with Gasteiger partial charge >= 0.3 is 5.97 Å². The van der Waals surface area contributed by atoms with Crippen LogP contribution in [-0.4, -0.2) is 51.2 Å². The Morgan fingerprint density at radius 3 is 2.33 bits per heavy atom. The van der Waals surface area contributed by atoms with Crippen LogP contribution in [-0.2, 0) is 9.53 Å². The molecule has 1 aliphatic heterocycles. The highest BCUT2D eigenvalue weighted by Crippen LogP contribution is 2.57. The minimum absolute atomic E-state index is 0.0916. The Labute approximate surface area is 239 Å². The Balaban J connectivity index is 2.09. The van der Waals surface area contributed by atoms with E-state index in [9.17, 15) is 19.0 Å². The molecule has 10 heteroatoms. The topological polar surface area (TPSA) is 111 Å². The van der Waals surface area contributed by atoms with E-state index in [2.05, 4.69) is 23.5 Å². The van der Waals surface area contributed by atoms with Gasteiger partial charge in [0.15, 0.2) is 0 Å². The van der Waals surface area contributed by atoms with Crippen molar-refractivity contribution in [2.45, 2.75) is 94.1 Å². The molecule has 0 atom stereocenters. The van der Waals surface area contributed by atoms with E-state index < -0.39 is 16.3 Å². The molecule has 0 saturated carbocycles. The molecule has 8 nitrogen and oxygen atoms in total. The van der Waals surface area contributed by atoms with Crippen LogP contribution >= 0.6 is 22.5 Å². The molecule has 0 fully saturated rings. The van der Waals surface area contributed by atoms with Crippen molar-refractivity contribution >= 4 is 39.9 Å². The second kappa shape index (κ2) is 14.0. The summed E-state index contributed by atoms with van der Waals surface area (Å²) in [4.78, 5) is 15.3. The molecule has 0 amide bonds. The van der Waals surface area contributed by atoms with E-state index in [-0.39, 0.29) is 30.9 Å². The number of hydrogen-bond donors (Lipinski definition) is 4. The molecule has 0 aliphatic carbocycles. The Morgan fingerprint density at radius 2 is 1.77 bits per heavy atom. The van der Waals surface area contributed by atoms with Gasteiger partial charge in [0.05, 0.1) is 35.3 Å². The summed E-state index contributed by atoms with van der Waals surface area (Å²) in [7, 11) is -3.42. The number of unbranched alkanes of at least 4 members (excludes halogenated alkanes) is 2. The number of carbonyl (C=O) groups excluding carboxylic acids is 1. The number of ether oxygens (including phenoxy) is 2. The second-order valence-electron chi connectivity index (χ2n) is 10.3. The Morgan fingerprint density at radius 1 is 1.13 bits per heavy atom. The highest BCUT2D eigenvalue weighted by Gasteiger charge is 2.42. The lowest BCUT2D eigenvalue weighted by Crippen LogP contribution is -2.51. The fraction of sp³-hybridized carbons (Fsp3) is 0.552. The molecular formula is C29H44N2O6S2. The highest BCUT2D eigenvalue weighted by atomic mass is 32.3. The van der Waals surface area contributed by atoms with Gasteiger partial charge in [0.25, 0.3) is 0 Å². The molecule has 218 valence electrons. The zero-order chi connectivity index (χ0) is 28.6. The summed E-state index contributed by atoms with van der Waals surface area (Å²) in [5.74, 6) is 0.316. The minimum Gasteiger partial charge on any atom is -0.508 e. The Bertz CT molecular complexity index is 1090. The molecule has 3 rings (SSSR count). The van der Waals surface area contributed by atoms with Gasteiger partial charge in [-0.3, -0.25) is 13.9 Å². The zero-order valence-electron chi connectivity index (χ0n) is 23.7. The van der Waals surface area contributed by atoms with E-state index >= 15 is 0 Å². The number of aromatic hydroxyl groups is 1. The molecule has 1 heterocycles. The molecule has 4 N–H and O–H groups in total. The SMILES string of the molecule is CCCCC1(CCCC)CN(c2ccc(O)cc2)c2cc(SC)c(OCCC(=O)OC(C)C)cc2S(O)(O)N1. The average Bonchev–Trinajstić information content (AvgIpc) is 2.98. The molecule has 0 spiro atoms. The van der Waals surface area contributed by atoms with Crippen molar-refractivity contribution in [3.05, 3.63) is 36.4 Å². The summed E-state index contributed by atoms with van der Waals surface area (Å²) < 4.78 is 37.9. The number of carbonyl (C=O) groups is 1. The minimum atomic E-state index is -3.42. The van der Waals surface area contributed by atoms with Crippen LogP contribution in [0.2, 0.25) is 0 Å². The van der Waals surface area contributed by atoms with E-state index in [1.165, 1.54) is 11.8 Å². The first-order chi connectivity index (χ1) is 18.5. The van der Waals surface area contributed by atoms with Crippen LogP contribution in [0.25, 0.3) is 0 Å². The van der Waals surface area contributed by atoms with Crippen LogP contribution in [0, 0.1) is 0 Å². The van der Waals surface area contributed by atoms with Gasteiger partial charge in [0.2, 0.25) is 0 Å². The number of thioether (sulfide) groups is 1. The van der Waals surface area contributed by atoms with Gasteiger partial charge in [-0.05, 0) is 63.3 Å². The van der Waals surface area contributed by atoms with Crippen molar-refractivity contribution in [2.24, 2.45) is 0 Å². The van der Waals surface area contributed by atoms with E-state index in [4.69, 9.17) is 9.47 Å². The number of anilines is 2. The van der Waals surface area contributed by atoms with Crippen LogP contribution in [0.4, 0.5) is 11.4 Å². The number of nitrogens with zero attached hydrogens (tertiary/aromatic N) is 1. The molecule has 0 saturated heterocycles. The number of phenols is 1. The summed E-state index contributed by atoms with van der Waals surface area (Å²) in [6.45, 7) is 8.53. The number of esters is 1. The number of benzene rings is 2. The van der Waals surface area contributed by atoms with Gasteiger partial charge in [-0.15, -0.1) is 22.5 Å². The van der Waals surface area contributed by atoms with Gasteiger partial charge in [0.1, 0.15) is 16.4 Å². The lowest BCUT2D eigenvalue weighted by atomic mass is 9.87. The maximum absolute atomic E-state index is 12.0. The predicted octanol–water partition coefficient (Wildman–Crippen LogP) is 7.72. The van der Waals surface area contributed by atoms with Crippen molar-refractivity contribution in [1.82, 2.24) is 4.72 Å². The standard InChI is InChI=1S/C29H44N2O6S2/c1-6-8-15-29(16-9-7-2)20-31(22-10-12-23(32)13-11-22)24-18-26(38-5)25(19-27(24)39(34,35)30-29)36-17-14-28(33)37-21(3)4/h10-13,18-19,21,30,32,34-35H,6-9,14-17,20H2,1-5H3. The first-order valence-electron chi connectivity index (χ1n) is 13.7. The third kappa shape index (κ3) is 8.20. The summed E-state index contributed by atoms with van der Waals surface area (Å²) in [5.41, 5.74) is 0.990. The lowest BCUT2D eigenvalue weighted by Gasteiger charge is -2.43. The van der Waals surface area contributed by atoms with E-state index in [0.29, 0.717) is 22.9 Å². The number of nitrogens with one attached hydrogen (secondary N) is 1. The molecule has 2 aromatic rings. The maximum atomic E-state index is 12.0. The van der Waals surface area contributed by atoms with Gasteiger partial charge in [-0.25, -0.2) is 4.72 Å². The molecule has 2 aromatic carbocycles. The number of fused-ring (bicyclic) bond motifs is 1. The normalized spacial score (nSPS) is 16.9. The number of hydrogen-bond acceptors (Lipinski definition) is 9. The molecule has 1 aliphatic rings. The smallest absolute Gasteiger partial charge is 0.309 e. The van der Waals surface area contributed by atoms with E-state index in [0.717, 1.165) is 49.1 Å². The molecule has 0 unspecified atom stereocenters. The van der Waals surface area contributed by atoms with Gasteiger partial charge in [-0.2, -0.15) is 0 Å². The van der Waals surface area contributed by atoms with Gasteiger partial charge in [-0.1, -0.05) is 39.5 Å². The van der Waals surface area contributed by atoms with Crippen molar-refractivity contribution < 1.29 is 28.5 Å². The molecule has 0 bridgehead atoms. The highest BCUT2D eigenvalue weighted by molar-refractivity contribution is 8.22. The van der Waals surface area contributed by atoms with Crippen LogP contribution in [0.15, 0.2) is 46.2 Å². The third-order valence-corrected chi connectivity index (χ3v) is 9.19. The molecule has 39 heavy (non-hydrogen) atoms. The van der Waals surface area contributed by atoms with Crippen molar-refractivity contribution in [3.63, 3.8) is 0 Å². The third-order valence-electron chi connectivity index (χ3n) is 6.77. The summed E-state index contributed by atoms with van der Waals surface area (Å²) in [5, 5.41) is 9.95. The monoisotopic (exact) mass is 580 g/mol. The van der Waals surface area contributed by atoms with Crippen molar-refractivity contribution in [3.8, 4) is 11.5 Å². The largest absolute Gasteiger partial charge is 0.508 e. The number of phenolic OH excluding ortho intramolecular Hbond substituents is 1. The van der Waals surface area contributed by atoms with Crippen LogP contribution < -0.4 is 14.4 Å². The Kier molecular flexibility index (Phi) is 11.3. The van der Waals surface area contributed by atoms with E-state index in [1.54, 1.807) is 32.0 Å². The zero-order valence-corrected chi connectivity index (χ0v) is 25.4. The maximum Gasteiger partial charge on any atom is 0.309 e. The van der Waals surface area contributed by atoms with Gasteiger partial charge < -0.3 is 19.5 Å². The van der Waals surface area contributed by atoms with Gasteiger partial charge in [0, 0.05) is 18.3 Å². The van der Waals surface area contributed by atoms with Crippen LogP contribution in [0.1, 0.15) is 72.6 Å². The summed E-state index contributed by atoms with van der Waals surface area (Å²) >= 11 is 1.49. The second-order valence-corrected chi connectivity index (χ2v) is 12.9.